The zero-order valence-electron chi connectivity index (χ0n) is 15.2. The number of anilines is 1. The van der Waals surface area contributed by atoms with Gasteiger partial charge in [-0.1, -0.05) is 12.1 Å². The molecule has 144 valence electrons. The maximum Gasteiger partial charge on any atom is 0.337 e. The van der Waals surface area contributed by atoms with Crippen molar-refractivity contribution in [3.8, 4) is 5.75 Å². The first-order valence-corrected chi connectivity index (χ1v) is 10.0. The van der Waals surface area contributed by atoms with E-state index < -0.39 is 16.0 Å². The highest BCUT2D eigenvalue weighted by Crippen LogP contribution is 2.29. The van der Waals surface area contributed by atoms with Crippen molar-refractivity contribution in [2.45, 2.75) is 30.3 Å². The number of hydrogen-bond donors (Lipinski definition) is 2. The fourth-order valence-corrected chi connectivity index (χ4v) is 3.94. The molecule has 0 spiro atoms. The maximum atomic E-state index is 12.4. The Morgan fingerprint density at radius 3 is 2.59 bits per heavy atom. The fraction of sp³-hybridized carbons (Fsp3) is 0.316. The molecule has 0 radical (unpaired) electrons. The number of hydrogen-bond acceptors (Lipinski definition) is 6. The molecule has 0 saturated heterocycles. The summed E-state index contributed by atoms with van der Waals surface area (Å²) in [5.74, 6) is 0.123. The topological polar surface area (TPSA) is 93.7 Å². The predicted octanol–water partition coefficient (Wildman–Crippen LogP) is 2.53. The van der Waals surface area contributed by atoms with E-state index in [1.807, 2.05) is 6.07 Å². The zero-order valence-corrected chi connectivity index (χ0v) is 16.0. The lowest BCUT2D eigenvalue weighted by molar-refractivity contribution is 0.0600. The normalized spacial score (nSPS) is 13.9. The van der Waals surface area contributed by atoms with Gasteiger partial charge in [0.05, 0.1) is 30.4 Å². The zero-order chi connectivity index (χ0) is 19.4. The molecule has 1 fully saturated rings. The Balaban J connectivity index is 1.79. The third-order valence-electron chi connectivity index (χ3n) is 4.21. The van der Waals surface area contributed by atoms with Crippen molar-refractivity contribution in [2.24, 2.45) is 0 Å². The lowest BCUT2D eigenvalue weighted by Crippen LogP contribution is -2.25. The van der Waals surface area contributed by atoms with Gasteiger partial charge in [-0.05, 0) is 48.7 Å². The van der Waals surface area contributed by atoms with E-state index in [-0.39, 0.29) is 10.9 Å². The summed E-state index contributed by atoms with van der Waals surface area (Å²) in [4.78, 5) is 11.8. The molecule has 0 atom stereocenters. The van der Waals surface area contributed by atoms with Gasteiger partial charge in [-0.3, -0.25) is 0 Å². The van der Waals surface area contributed by atoms with E-state index in [0.29, 0.717) is 23.5 Å². The SMILES string of the molecule is COC(=O)c1cccc(CNc2cc(S(=O)(=O)NC3CC3)ccc2OC)c1. The smallest absolute Gasteiger partial charge is 0.337 e. The van der Waals surface area contributed by atoms with E-state index in [4.69, 9.17) is 9.47 Å². The second-order valence-electron chi connectivity index (χ2n) is 6.30. The molecular formula is C19H22N2O5S. The predicted molar refractivity (Wildman–Crippen MR) is 101 cm³/mol. The van der Waals surface area contributed by atoms with Crippen molar-refractivity contribution < 1.29 is 22.7 Å². The molecule has 1 saturated carbocycles. The Morgan fingerprint density at radius 2 is 1.93 bits per heavy atom. The highest BCUT2D eigenvalue weighted by Gasteiger charge is 2.28. The second-order valence-corrected chi connectivity index (χ2v) is 8.02. The number of benzene rings is 2. The molecule has 27 heavy (non-hydrogen) atoms. The number of carbonyl (C=O) groups excluding carboxylic acids is 1. The van der Waals surface area contributed by atoms with Gasteiger partial charge in [-0.25, -0.2) is 17.9 Å². The molecular weight excluding hydrogens is 368 g/mol. The van der Waals surface area contributed by atoms with Crippen LogP contribution in [0, 0.1) is 0 Å². The molecule has 1 aliphatic carbocycles. The number of sulfonamides is 1. The highest BCUT2D eigenvalue weighted by atomic mass is 32.2. The average Bonchev–Trinajstić information content (AvgIpc) is 3.49. The number of esters is 1. The summed E-state index contributed by atoms with van der Waals surface area (Å²) >= 11 is 0. The third-order valence-corrected chi connectivity index (χ3v) is 5.73. The summed E-state index contributed by atoms with van der Waals surface area (Å²) in [5.41, 5.74) is 1.86. The molecule has 0 aliphatic heterocycles. The molecule has 0 bridgehead atoms. The quantitative estimate of drug-likeness (QED) is 0.673. The van der Waals surface area contributed by atoms with Crippen LogP contribution in [0.4, 0.5) is 5.69 Å². The van der Waals surface area contributed by atoms with Crippen LogP contribution in [0.3, 0.4) is 0 Å². The largest absolute Gasteiger partial charge is 0.495 e. The first kappa shape index (κ1) is 19.2. The van der Waals surface area contributed by atoms with Crippen LogP contribution in [0.25, 0.3) is 0 Å². The van der Waals surface area contributed by atoms with Gasteiger partial charge in [0.1, 0.15) is 5.75 Å². The van der Waals surface area contributed by atoms with Crippen LogP contribution in [-0.4, -0.2) is 34.6 Å². The lowest BCUT2D eigenvalue weighted by atomic mass is 10.1. The van der Waals surface area contributed by atoms with Crippen LogP contribution in [0.5, 0.6) is 5.75 Å². The summed E-state index contributed by atoms with van der Waals surface area (Å²) in [6.45, 7) is 0.390. The second kappa shape index (κ2) is 7.98. The molecule has 0 aromatic heterocycles. The van der Waals surface area contributed by atoms with Crippen molar-refractivity contribution in [3.05, 3.63) is 53.6 Å². The Hall–Kier alpha value is -2.58. The van der Waals surface area contributed by atoms with Gasteiger partial charge in [0.2, 0.25) is 10.0 Å². The molecule has 7 nitrogen and oxygen atoms in total. The van der Waals surface area contributed by atoms with E-state index in [0.717, 1.165) is 18.4 Å². The van der Waals surface area contributed by atoms with Crippen molar-refractivity contribution in [2.75, 3.05) is 19.5 Å². The standard InChI is InChI=1S/C19H22N2O5S/c1-25-18-9-8-16(27(23,24)21-15-6-7-15)11-17(18)20-12-13-4-3-5-14(10-13)19(22)26-2/h3-5,8-11,15,20-21H,6-7,12H2,1-2H3. The van der Waals surface area contributed by atoms with Gasteiger partial charge >= 0.3 is 5.97 Å². The minimum Gasteiger partial charge on any atom is -0.495 e. The molecule has 0 amide bonds. The number of methoxy groups -OCH3 is 2. The van der Waals surface area contributed by atoms with Crippen LogP contribution in [0.15, 0.2) is 47.4 Å². The van der Waals surface area contributed by atoms with Crippen molar-refractivity contribution >= 4 is 21.7 Å². The van der Waals surface area contributed by atoms with E-state index in [2.05, 4.69) is 10.0 Å². The van der Waals surface area contributed by atoms with Gasteiger partial charge in [0.15, 0.2) is 0 Å². The Morgan fingerprint density at radius 1 is 1.15 bits per heavy atom. The van der Waals surface area contributed by atoms with Crippen LogP contribution in [0.1, 0.15) is 28.8 Å². The average molecular weight is 390 g/mol. The minimum absolute atomic E-state index is 0.0366. The Kier molecular flexibility index (Phi) is 5.67. The van der Waals surface area contributed by atoms with Crippen molar-refractivity contribution in [3.63, 3.8) is 0 Å². The van der Waals surface area contributed by atoms with Crippen molar-refractivity contribution in [1.82, 2.24) is 4.72 Å². The highest BCUT2D eigenvalue weighted by molar-refractivity contribution is 7.89. The molecule has 0 unspecified atom stereocenters. The first-order chi connectivity index (χ1) is 12.9. The van der Waals surface area contributed by atoms with Gasteiger partial charge in [0, 0.05) is 12.6 Å². The van der Waals surface area contributed by atoms with Gasteiger partial charge in [-0.2, -0.15) is 0 Å². The Bertz CT molecular complexity index is 939. The van der Waals surface area contributed by atoms with Gasteiger partial charge in [-0.15, -0.1) is 0 Å². The third kappa shape index (κ3) is 4.78. The van der Waals surface area contributed by atoms with E-state index in [9.17, 15) is 13.2 Å². The molecule has 8 heteroatoms. The lowest BCUT2D eigenvalue weighted by Gasteiger charge is -2.14. The van der Waals surface area contributed by atoms with Gasteiger partial charge < -0.3 is 14.8 Å². The number of ether oxygens (including phenoxy) is 2. The van der Waals surface area contributed by atoms with E-state index in [1.54, 1.807) is 30.3 Å². The summed E-state index contributed by atoms with van der Waals surface area (Å²) in [5, 5.41) is 3.18. The number of rotatable bonds is 8. The summed E-state index contributed by atoms with van der Waals surface area (Å²) < 4.78 is 37.6. The minimum atomic E-state index is -3.56. The fourth-order valence-electron chi connectivity index (χ4n) is 2.60. The molecule has 3 rings (SSSR count). The monoisotopic (exact) mass is 390 g/mol. The van der Waals surface area contributed by atoms with Crippen LogP contribution >= 0.6 is 0 Å². The Labute approximate surface area is 158 Å². The molecule has 0 heterocycles. The van der Waals surface area contributed by atoms with E-state index in [1.165, 1.54) is 20.3 Å². The molecule has 2 aromatic carbocycles. The molecule has 2 N–H and O–H groups in total. The summed E-state index contributed by atoms with van der Waals surface area (Å²) in [6.07, 6.45) is 1.74. The van der Waals surface area contributed by atoms with E-state index >= 15 is 0 Å². The van der Waals surface area contributed by atoms with Crippen molar-refractivity contribution in [1.29, 1.82) is 0 Å². The summed E-state index contributed by atoms with van der Waals surface area (Å²) in [7, 11) is -0.700. The molecule has 1 aliphatic rings. The van der Waals surface area contributed by atoms with Crippen LogP contribution in [0.2, 0.25) is 0 Å². The number of nitrogens with one attached hydrogen (secondary N) is 2. The maximum absolute atomic E-state index is 12.4. The molecule has 2 aromatic rings. The number of carbonyl (C=O) groups is 1. The first-order valence-electron chi connectivity index (χ1n) is 8.54. The van der Waals surface area contributed by atoms with Crippen LogP contribution < -0.4 is 14.8 Å². The van der Waals surface area contributed by atoms with Gasteiger partial charge in [0.25, 0.3) is 0 Å². The summed E-state index contributed by atoms with van der Waals surface area (Å²) in [6, 6.07) is 11.7. The van der Waals surface area contributed by atoms with Crippen LogP contribution in [-0.2, 0) is 21.3 Å².